The smallest absolute Gasteiger partial charge is 0.219 e. The third-order valence-electron chi connectivity index (χ3n) is 5.68. The minimum absolute atomic E-state index is 0.234. The van der Waals surface area contributed by atoms with Gasteiger partial charge in [-0.2, -0.15) is 0 Å². The molecule has 1 amide bonds. The number of hydrogen-bond donors (Lipinski definition) is 1. The Hall–Kier alpha value is -1.39. The quantitative estimate of drug-likeness (QED) is 0.896. The molecule has 1 aliphatic carbocycles. The number of likely N-dealkylation sites (tertiary alicyclic amines) is 2. The van der Waals surface area contributed by atoms with Gasteiger partial charge in [-0.1, -0.05) is 18.2 Å². The highest BCUT2D eigenvalue weighted by Crippen LogP contribution is 2.32. The number of aryl methyl sites for hydroxylation is 1. The lowest BCUT2D eigenvalue weighted by Gasteiger charge is -2.34. The third-order valence-corrected chi connectivity index (χ3v) is 5.68. The van der Waals surface area contributed by atoms with Crippen LogP contribution in [0.15, 0.2) is 18.2 Å². The summed E-state index contributed by atoms with van der Waals surface area (Å²) in [5.74, 6) is 0.234. The maximum Gasteiger partial charge on any atom is 0.219 e. The van der Waals surface area contributed by atoms with Crippen molar-refractivity contribution in [3.8, 4) is 0 Å². The van der Waals surface area contributed by atoms with Gasteiger partial charge in [0.05, 0.1) is 0 Å². The van der Waals surface area contributed by atoms with Crippen LogP contribution < -0.4 is 5.73 Å². The Labute approximate surface area is 132 Å². The van der Waals surface area contributed by atoms with E-state index in [9.17, 15) is 4.79 Å². The van der Waals surface area contributed by atoms with Crippen molar-refractivity contribution in [3.63, 3.8) is 0 Å². The maximum absolute atomic E-state index is 11.6. The molecule has 4 rings (SSSR count). The fraction of sp³-hybridized carbons (Fsp3) is 0.611. The average molecular weight is 299 g/mol. The first-order valence-electron chi connectivity index (χ1n) is 8.47. The molecule has 4 nitrogen and oxygen atoms in total. The Morgan fingerprint density at radius 3 is 2.86 bits per heavy atom. The van der Waals surface area contributed by atoms with Gasteiger partial charge in [0, 0.05) is 44.7 Å². The summed E-state index contributed by atoms with van der Waals surface area (Å²) in [4.78, 5) is 16.2. The second kappa shape index (κ2) is 5.36. The van der Waals surface area contributed by atoms with E-state index in [1.54, 1.807) is 6.92 Å². The van der Waals surface area contributed by atoms with Crippen molar-refractivity contribution in [2.24, 2.45) is 5.73 Å². The number of carbonyl (C=O) groups excluding carboxylic acids is 1. The Kier molecular flexibility index (Phi) is 3.46. The van der Waals surface area contributed by atoms with Crippen LogP contribution in [0, 0.1) is 0 Å². The van der Waals surface area contributed by atoms with Gasteiger partial charge in [-0.15, -0.1) is 0 Å². The molecule has 3 unspecified atom stereocenters. The molecule has 2 N–H and O–H groups in total. The van der Waals surface area contributed by atoms with E-state index in [1.165, 1.54) is 16.7 Å². The molecule has 1 aromatic carbocycles. The van der Waals surface area contributed by atoms with E-state index in [4.69, 9.17) is 5.73 Å². The van der Waals surface area contributed by atoms with Crippen LogP contribution in [0.2, 0.25) is 0 Å². The first-order valence-corrected chi connectivity index (χ1v) is 8.47. The Bertz CT molecular complexity index is 600. The van der Waals surface area contributed by atoms with Crippen LogP contribution in [-0.4, -0.2) is 46.9 Å². The van der Waals surface area contributed by atoms with Crippen molar-refractivity contribution in [1.82, 2.24) is 9.80 Å². The van der Waals surface area contributed by atoms with Gasteiger partial charge in [0.2, 0.25) is 5.91 Å². The average Bonchev–Trinajstić information content (AvgIpc) is 3.07. The summed E-state index contributed by atoms with van der Waals surface area (Å²) < 4.78 is 0. The lowest BCUT2D eigenvalue weighted by Crippen LogP contribution is -2.47. The van der Waals surface area contributed by atoms with Crippen LogP contribution in [0.5, 0.6) is 0 Å². The van der Waals surface area contributed by atoms with Gasteiger partial charge in [0.25, 0.3) is 0 Å². The van der Waals surface area contributed by atoms with Gasteiger partial charge in [0.1, 0.15) is 0 Å². The van der Waals surface area contributed by atoms with Gasteiger partial charge >= 0.3 is 0 Å². The zero-order chi connectivity index (χ0) is 15.3. The fourth-order valence-corrected chi connectivity index (χ4v) is 4.50. The molecule has 0 radical (unpaired) electrons. The molecule has 0 spiro atoms. The number of fused-ring (bicyclic) bond motifs is 3. The Morgan fingerprint density at radius 1 is 1.27 bits per heavy atom. The van der Waals surface area contributed by atoms with Crippen molar-refractivity contribution < 1.29 is 4.79 Å². The molecule has 0 aromatic heterocycles. The lowest BCUT2D eigenvalue weighted by atomic mass is 9.87. The van der Waals surface area contributed by atoms with E-state index in [2.05, 4.69) is 28.0 Å². The molecule has 2 saturated heterocycles. The lowest BCUT2D eigenvalue weighted by molar-refractivity contribution is -0.131. The number of hydrogen-bond acceptors (Lipinski definition) is 3. The van der Waals surface area contributed by atoms with E-state index >= 15 is 0 Å². The minimum Gasteiger partial charge on any atom is -0.337 e. The van der Waals surface area contributed by atoms with Gasteiger partial charge in [-0.3, -0.25) is 9.69 Å². The zero-order valence-electron chi connectivity index (χ0n) is 13.3. The van der Waals surface area contributed by atoms with Crippen molar-refractivity contribution in [3.05, 3.63) is 34.9 Å². The first kappa shape index (κ1) is 14.2. The summed E-state index contributed by atoms with van der Waals surface area (Å²) in [5, 5.41) is 0. The molecule has 2 aliphatic heterocycles. The molecule has 2 heterocycles. The summed E-state index contributed by atoms with van der Waals surface area (Å²) >= 11 is 0. The second-order valence-electron chi connectivity index (χ2n) is 7.25. The van der Waals surface area contributed by atoms with E-state index in [0.29, 0.717) is 18.1 Å². The molecule has 22 heavy (non-hydrogen) atoms. The second-order valence-corrected chi connectivity index (χ2v) is 7.25. The number of piperazine rings is 1. The Balaban J connectivity index is 1.44. The fourth-order valence-electron chi connectivity index (χ4n) is 4.50. The van der Waals surface area contributed by atoms with E-state index in [-0.39, 0.29) is 5.91 Å². The molecule has 2 fully saturated rings. The van der Waals surface area contributed by atoms with Crippen LogP contribution in [0.25, 0.3) is 0 Å². The number of rotatable bonds is 2. The third kappa shape index (κ3) is 2.44. The van der Waals surface area contributed by atoms with Crippen molar-refractivity contribution in [1.29, 1.82) is 0 Å². The van der Waals surface area contributed by atoms with Crippen molar-refractivity contribution >= 4 is 5.91 Å². The first-order chi connectivity index (χ1) is 10.6. The highest BCUT2D eigenvalue weighted by molar-refractivity contribution is 5.74. The van der Waals surface area contributed by atoms with Gasteiger partial charge in [0.15, 0.2) is 0 Å². The largest absolute Gasteiger partial charge is 0.337 e. The monoisotopic (exact) mass is 299 g/mol. The molecule has 3 atom stereocenters. The molecular formula is C18H25N3O. The zero-order valence-corrected chi connectivity index (χ0v) is 13.3. The van der Waals surface area contributed by atoms with Crippen LogP contribution in [0.1, 0.15) is 36.5 Å². The number of amides is 1. The summed E-state index contributed by atoms with van der Waals surface area (Å²) in [6.45, 7) is 4.66. The van der Waals surface area contributed by atoms with Crippen LogP contribution in [-0.2, 0) is 24.2 Å². The number of nitrogens with two attached hydrogens (primary N) is 1. The molecule has 118 valence electrons. The predicted molar refractivity (Wildman–Crippen MR) is 86.4 cm³/mol. The summed E-state index contributed by atoms with van der Waals surface area (Å²) in [7, 11) is 0. The maximum atomic E-state index is 11.6. The van der Waals surface area contributed by atoms with E-state index in [0.717, 1.165) is 45.3 Å². The van der Waals surface area contributed by atoms with Crippen molar-refractivity contribution in [2.75, 3.05) is 13.1 Å². The summed E-state index contributed by atoms with van der Waals surface area (Å²) in [6.07, 6.45) is 4.41. The van der Waals surface area contributed by atoms with Crippen LogP contribution in [0.4, 0.5) is 0 Å². The van der Waals surface area contributed by atoms with Crippen LogP contribution in [0.3, 0.4) is 0 Å². The van der Waals surface area contributed by atoms with Crippen molar-refractivity contribution in [2.45, 2.75) is 57.3 Å². The van der Waals surface area contributed by atoms with Crippen LogP contribution >= 0.6 is 0 Å². The van der Waals surface area contributed by atoms with Gasteiger partial charge in [-0.25, -0.2) is 0 Å². The Morgan fingerprint density at radius 2 is 2.14 bits per heavy atom. The predicted octanol–water partition coefficient (Wildman–Crippen LogP) is 1.31. The standard InChI is InChI=1S/C18H25N3O/c1-12(22)21-11-17-8-18(21)10-20(17)9-13-2-3-15-7-16(19)5-4-14(15)6-13/h2-3,6,16-18H,4-5,7-11,19H2,1H3. The van der Waals surface area contributed by atoms with E-state index in [1.807, 2.05) is 0 Å². The van der Waals surface area contributed by atoms with E-state index < -0.39 is 0 Å². The molecule has 4 heteroatoms. The molecular weight excluding hydrogens is 274 g/mol. The minimum atomic E-state index is 0.234. The molecule has 3 aliphatic rings. The summed E-state index contributed by atoms with van der Waals surface area (Å²) in [5.41, 5.74) is 10.4. The topological polar surface area (TPSA) is 49.6 Å². The molecule has 0 saturated carbocycles. The van der Waals surface area contributed by atoms with Gasteiger partial charge < -0.3 is 10.6 Å². The molecule has 1 aromatic rings. The SMILES string of the molecule is CC(=O)N1CC2CC1CN2Cc1ccc2c(c1)CCC(N)C2. The number of benzene rings is 1. The summed E-state index contributed by atoms with van der Waals surface area (Å²) in [6, 6.07) is 8.27. The highest BCUT2D eigenvalue weighted by atomic mass is 16.2. The van der Waals surface area contributed by atoms with Gasteiger partial charge in [-0.05, 0) is 42.4 Å². The highest BCUT2D eigenvalue weighted by Gasteiger charge is 2.43. The number of nitrogens with zero attached hydrogens (tertiary/aromatic N) is 2. The normalized spacial score (nSPS) is 30.6. The molecule has 2 bridgehead atoms. The number of carbonyl (C=O) groups is 1.